The van der Waals surface area contributed by atoms with Gasteiger partial charge in [0.05, 0.1) is 11.1 Å². The second-order valence-electron chi connectivity index (χ2n) is 8.53. The van der Waals surface area contributed by atoms with Gasteiger partial charge in [-0.1, -0.05) is 38.4 Å². The monoisotopic (exact) mass is 486 g/mol. The molecule has 30 heavy (non-hydrogen) atoms. The lowest BCUT2D eigenvalue weighted by Gasteiger charge is -2.15. The van der Waals surface area contributed by atoms with E-state index in [1.54, 1.807) is 13.3 Å². The van der Waals surface area contributed by atoms with E-state index in [1.807, 2.05) is 35.0 Å². The van der Waals surface area contributed by atoms with Gasteiger partial charge >= 0.3 is 0 Å². The van der Waals surface area contributed by atoms with Crippen molar-refractivity contribution in [3.8, 4) is 11.3 Å². The van der Waals surface area contributed by atoms with Gasteiger partial charge in [0.1, 0.15) is 18.7 Å². The Morgan fingerprint density at radius 2 is 2.07 bits per heavy atom. The van der Waals surface area contributed by atoms with E-state index in [-0.39, 0.29) is 5.91 Å². The Balaban J connectivity index is 1.88. The van der Waals surface area contributed by atoms with Crippen LogP contribution in [0, 0.1) is 0 Å². The van der Waals surface area contributed by atoms with Crippen molar-refractivity contribution in [2.45, 2.75) is 39.3 Å². The number of aromatic nitrogens is 3. The topological polar surface area (TPSA) is 69.0 Å². The summed E-state index contributed by atoms with van der Waals surface area (Å²) in [5, 5.41) is 3.76. The second-order valence-corrected chi connectivity index (χ2v) is 15.0. The number of hydrogen-bond donors (Lipinski definition) is 1. The number of fused-ring (bicyclic) bond motifs is 1. The molecule has 0 unspecified atom stereocenters. The summed E-state index contributed by atoms with van der Waals surface area (Å²) in [6.07, 6.45) is 3.53. The molecule has 1 N–H and O–H groups in total. The molecule has 0 radical (unpaired) electrons. The van der Waals surface area contributed by atoms with Crippen LogP contribution in [0.1, 0.15) is 6.92 Å². The number of nitrogens with zero attached hydrogens (tertiary/aromatic N) is 3. The largest absolute Gasteiger partial charge is 0.361 e. The summed E-state index contributed by atoms with van der Waals surface area (Å²) in [4.78, 5) is 21.0. The Hall–Kier alpha value is -2.29. The van der Waals surface area contributed by atoms with Crippen LogP contribution in [0.5, 0.6) is 0 Å². The molecule has 2 heterocycles. The predicted molar refractivity (Wildman–Crippen MR) is 128 cm³/mol. The van der Waals surface area contributed by atoms with E-state index >= 15 is 0 Å². The minimum absolute atomic E-state index is 0.206. The molecule has 0 aliphatic rings. The van der Waals surface area contributed by atoms with Gasteiger partial charge in [0.15, 0.2) is 0 Å². The Bertz CT molecular complexity index is 1090. The van der Waals surface area contributed by atoms with Crippen molar-refractivity contribution in [2.24, 2.45) is 0 Å². The summed E-state index contributed by atoms with van der Waals surface area (Å²) < 4.78 is 8.80. The molecule has 6 nitrogen and oxygen atoms in total. The highest BCUT2D eigenvalue weighted by atomic mass is 79.9. The molecule has 0 spiro atoms. The molecule has 2 aromatic heterocycles. The molecule has 8 heteroatoms. The van der Waals surface area contributed by atoms with Crippen LogP contribution in [0.15, 0.2) is 53.4 Å². The second kappa shape index (κ2) is 9.24. The minimum atomic E-state index is -1.13. The lowest BCUT2D eigenvalue weighted by Crippen LogP contribution is -2.22. The van der Waals surface area contributed by atoms with Crippen molar-refractivity contribution in [3.63, 3.8) is 0 Å². The van der Waals surface area contributed by atoms with Crippen LogP contribution in [0.2, 0.25) is 25.7 Å². The fourth-order valence-corrected chi connectivity index (χ4v) is 4.29. The number of nitrogens with one attached hydrogen (secondary N) is 1. The molecule has 1 amide bonds. The lowest BCUT2D eigenvalue weighted by molar-refractivity contribution is -0.112. The first-order valence-corrected chi connectivity index (χ1v) is 14.3. The highest BCUT2D eigenvalue weighted by molar-refractivity contribution is 9.10. The maximum Gasteiger partial charge on any atom is 0.250 e. The van der Waals surface area contributed by atoms with Gasteiger partial charge in [-0.3, -0.25) is 4.79 Å². The summed E-state index contributed by atoms with van der Waals surface area (Å²) in [5.74, 6) is -0.206. The van der Waals surface area contributed by atoms with Crippen molar-refractivity contribution in [1.82, 2.24) is 14.5 Å². The first-order chi connectivity index (χ1) is 14.2. The summed E-state index contributed by atoms with van der Waals surface area (Å²) >= 11 is 3.65. The van der Waals surface area contributed by atoms with Crippen LogP contribution >= 0.6 is 15.9 Å². The normalized spacial score (nSPS) is 11.6. The van der Waals surface area contributed by atoms with Gasteiger partial charge in [0.2, 0.25) is 0 Å². The maximum atomic E-state index is 12.0. The van der Waals surface area contributed by atoms with Crippen LogP contribution in [0.25, 0.3) is 22.3 Å². The summed E-state index contributed by atoms with van der Waals surface area (Å²) in [6.45, 7) is 13.6. The summed E-state index contributed by atoms with van der Waals surface area (Å²) in [5.41, 5.74) is 3.63. The standard InChI is InChI=1S/C22H27BrN4O2Si/c1-15(2)22(28)26-17-8-6-7-16(11-17)20-19-18(23)12-27(21(19)25-13-24-20)14-29-9-10-30(3,4)5/h6-8,11-13H,1,9-10,14H2,2-5H3,(H,26,28). The number of anilines is 1. The third kappa shape index (κ3) is 5.44. The Kier molecular flexibility index (Phi) is 6.90. The van der Waals surface area contributed by atoms with Crippen LogP contribution < -0.4 is 5.32 Å². The van der Waals surface area contributed by atoms with Crippen LogP contribution in [0.3, 0.4) is 0 Å². The number of rotatable bonds is 8. The number of carbonyl (C=O) groups excluding carboxylic acids is 1. The average molecular weight is 487 g/mol. The quantitative estimate of drug-likeness (QED) is 0.252. The van der Waals surface area contributed by atoms with Crippen LogP contribution in [-0.4, -0.2) is 35.1 Å². The van der Waals surface area contributed by atoms with E-state index in [0.717, 1.165) is 39.4 Å². The average Bonchev–Trinajstić information content (AvgIpc) is 3.00. The van der Waals surface area contributed by atoms with Crippen molar-refractivity contribution in [3.05, 3.63) is 53.4 Å². The molecule has 0 saturated heterocycles. The number of ether oxygens (including phenoxy) is 1. The van der Waals surface area contributed by atoms with E-state index in [9.17, 15) is 4.79 Å². The molecule has 0 aliphatic heterocycles. The minimum Gasteiger partial charge on any atom is -0.361 e. The number of amides is 1. The Labute approximate surface area is 186 Å². The van der Waals surface area contributed by atoms with Crippen LogP contribution in [-0.2, 0) is 16.3 Å². The third-order valence-electron chi connectivity index (χ3n) is 4.62. The van der Waals surface area contributed by atoms with Gasteiger partial charge in [-0.05, 0) is 41.0 Å². The van der Waals surface area contributed by atoms with Gasteiger partial charge < -0.3 is 14.6 Å². The Morgan fingerprint density at radius 1 is 1.30 bits per heavy atom. The molecule has 0 atom stereocenters. The molecule has 0 saturated carbocycles. The zero-order chi connectivity index (χ0) is 21.9. The van der Waals surface area contributed by atoms with Gasteiger partial charge in [-0.25, -0.2) is 9.97 Å². The van der Waals surface area contributed by atoms with E-state index in [2.05, 4.69) is 57.4 Å². The van der Waals surface area contributed by atoms with Crippen molar-refractivity contribution < 1.29 is 9.53 Å². The van der Waals surface area contributed by atoms with Crippen LogP contribution in [0.4, 0.5) is 5.69 Å². The molecule has 3 aromatic rings. The fraction of sp³-hybridized carbons (Fsp3) is 0.318. The number of benzene rings is 1. The molecule has 158 valence electrons. The molecule has 1 aromatic carbocycles. The third-order valence-corrected chi connectivity index (χ3v) is 6.92. The van der Waals surface area contributed by atoms with Crippen molar-refractivity contribution in [1.29, 1.82) is 0 Å². The highest BCUT2D eigenvalue weighted by Gasteiger charge is 2.16. The molecule has 3 rings (SSSR count). The van der Waals surface area contributed by atoms with Gasteiger partial charge in [0.25, 0.3) is 5.91 Å². The van der Waals surface area contributed by atoms with E-state index in [1.165, 1.54) is 0 Å². The SMILES string of the molecule is C=C(C)C(=O)Nc1cccc(-c2ncnc3c2c(Br)cn3COCC[Si](C)(C)C)c1. The van der Waals surface area contributed by atoms with Gasteiger partial charge in [0, 0.05) is 42.2 Å². The first kappa shape index (κ1) is 22.4. The van der Waals surface area contributed by atoms with E-state index in [0.29, 0.717) is 18.0 Å². The Morgan fingerprint density at radius 3 is 2.77 bits per heavy atom. The smallest absolute Gasteiger partial charge is 0.250 e. The highest BCUT2D eigenvalue weighted by Crippen LogP contribution is 2.33. The summed E-state index contributed by atoms with van der Waals surface area (Å²) in [6, 6.07) is 8.72. The maximum absolute atomic E-state index is 12.0. The first-order valence-electron chi connectivity index (χ1n) is 9.80. The molecular weight excluding hydrogens is 460 g/mol. The fourth-order valence-electron chi connectivity index (χ4n) is 2.92. The van der Waals surface area contributed by atoms with Gasteiger partial charge in [-0.15, -0.1) is 0 Å². The number of halogens is 1. The van der Waals surface area contributed by atoms with Crippen molar-refractivity contribution >= 4 is 46.6 Å². The van der Waals surface area contributed by atoms with Gasteiger partial charge in [-0.2, -0.15) is 0 Å². The molecule has 0 aliphatic carbocycles. The molecule has 0 fully saturated rings. The lowest BCUT2D eigenvalue weighted by atomic mass is 10.1. The van der Waals surface area contributed by atoms with Crippen molar-refractivity contribution in [2.75, 3.05) is 11.9 Å². The summed E-state index contributed by atoms with van der Waals surface area (Å²) in [7, 11) is -1.13. The zero-order valence-corrected chi connectivity index (χ0v) is 20.4. The predicted octanol–water partition coefficient (Wildman–Crippen LogP) is 5.69. The zero-order valence-electron chi connectivity index (χ0n) is 17.8. The number of carbonyl (C=O) groups is 1. The molecular formula is C22H27BrN4O2Si. The number of hydrogen-bond acceptors (Lipinski definition) is 4. The van der Waals surface area contributed by atoms with E-state index < -0.39 is 8.07 Å². The van der Waals surface area contributed by atoms with E-state index in [4.69, 9.17) is 4.74 Å². The molecule has 0 bridgehead atoms.